The maximum Gasteiger partial charge on any atom is 0.253 e. The standard InChI is InChI=1S/C9H17NO8/c11-1-3(13)8(17)10-9-7(16)6(15)5(14)4(2-12)18-9/h3-7,9,11-16H,1-2H2,(H,10,17)/t3?,4-,5-,6+,7-,9?/m1/s1. The van der Waals surface area contributed by atoms with Crippen molar-refractivity contribution in [2.75, 3.05) is 13.2 Å². The fourth-order valence-corrected chi connectivity index (χ4v) is 1.54. The second-order valence-corrected chi connectivity index (χ2v) is 3.96. The molecule has 106 valence electrons. The highest BCUT2D eigenvalue weighted by Gasteiger charge is 2.44. The molecule has 18 heavy (non-hydrogen) atoms. The van der Waals surface area contributed by atoms with Crippen molar-refractivity contribution in [3.8, 4) is 0 Å². The van der Waals surface area contributed by atoms with E-state index in [2.05, 4.69) is 0 Å². The van der Waals surface area contributed by atoms with Gasteiger partial charge in [0, 0.05) is 0 Å². The van der Waals surface area contributed by atoms with Crippen molar-refractivity contribution in [3.63, 3.8) is 0 Å². The molecule has 0 aromatic heterocycles. The third kappa shape index (κ3) is 3.14. The van der Waals surface area contributed by atoms with E-state index in [-0.39, 0.29) is 0 Å². The zero-order valence-electron chi connectivity index (χ0n) is 9.38. The first-order chi connectivity index (χ1) is 8.42. The van der Waals surface area contributed by atoms with Gasteiger partial charge in [-0.3, -0.25) is 4.79 Å². The predicted molar refractivity (Wildman–Crippen MR) is 55.0 cm³/mol. The molecule has 0 bridgehead atoms. The first-order valence-electron chi connectivity index (χ1n) is 5.32. The summed E-state index contributed by atoms with van der Waals surface area (Å²) in [5.41, 5.74) is 0. The van der Waals surface area contributed by atoms with Crippen molar-refractivity contribution in [1.82, 2.24) is 5.32 Å². The van der Waals surface area contributed by atoms with Crippen molar-refractivity contribution in [1.29, 1.82) is 0 Å². The molecular weight excluding hydrogens is 250 g/mol. The quantitative estimate of drug-likeness (QED) is 0.267. The Bertz CT molecular complexity index is 286. The fourth-order valence-electron chi connectivity index (χ4n) is 1.54. The average Bonchev–Trinajstić information content (AvgIpc) is 2.38. The lowest BCUT2D eigenvalue weighted by molar-refractivity contribution is -0.236. The first kappa shape index (κ1) is 15.2. The molecule has 0 aliphatic carbocycles. The summed E-state index contributed by atoms with van der Waals surface area (Å²) >= 11 is 0. The summed E-state index contributed by atoms with van der Waals surface area (Å²) in [5, 5.41) is 56.9. The minimum Gasteiger partial charge on any atom is -0.394 e. The molecule has 7 N–H and O–H groups in total. The van der Waals surface area contributed by atoms with Gasteiger partial charge in [0.15, 0.2) is 12.3 Å². The second-order valence-electron chi connectivity index (χ2n) is 3.96. The first-order valence-corrected chi connectivity index (χ1v) is 5.32. The zero-order valence-corrected chi connectivity index (χ0v) is 9.38. The minimum absolute atomic E-state index is 0.625. The van der Waals surface area contributed by atoms with Gasteiger partial charge < -0.3 is 40.7 Å². The van der Waals surface area contributed by atoms with Crippen LogP contribution >= 0.6 is 0 Å². The minimum atomic E-state index is -1.70. The molecule has 9 heteroatoms. The molecule has 0 spiro atoms. The van der Waals surface area contributed by atoms with Crippen molar-refractivity contribution in [3.05, 3.63) is 0 Å². The number of ether oxygens (including phenoxy) is 1. The summed E-state index contributed by atoms with van der Waals surface area (Å²) in [6.07, 6.45) is -9.03. The van der Waals surface area contributed by atoms with E-state index in [1.165, 1.54) is 0 Å². The Morgan fingerprint density at radius 3 is 2.28 bits per heavy atom. The Hall–Kier alpha value is -0.810. The molecule has 1 fully saturated rings. The lowest BCUT2D eigenvalue weighted by Crippen LogP contribution is -2.64. The van der Waals surface area contributed by atoms with E-state index < -0.39 is 55.9 Å². The van der Waals surface area contributed by atoms with Crippen LogP contribution in [-0.4, -0.2) is 86.5 Å². The predicted octanol–water partition coefficient (Wildman–Crippen LogP) is -4.74. The van der Waals surface area contributed by atoms with Crippen LogP contribution in [0.3, 0.4) is 0 Å². The number of rotatable bonds is 4. The van der Waals surface area contributed by atoms with Gasteiger partial charge in [0.2, 0.25) is 0 Å². The van der Waals surface area contributed by atoms with Crippen LogP contribution in [0, 0.1) is 0 Å². The molecule has 6 atom stereocenters. The van der Waals surface area contributed by atoms with Crippen LogP contribution < -0.4 is 5.32 Å². The van der Waals surface area contributed by atoms with Gasteiger partial charge >= 0.3 is 0 Å². The van der Waals surface area contributed by atoms with E-state index in [0.717, 1.165) is 0 Å². The maximum atomic E-state index is 11.3. The van der Waals surface area contributed by atoms with E-state index in [1.807, 2.05) is 5.32 Å². The number of carbonyl (C=O) groups is 1. The number of aliphatic hydroxyl groups excluding tert-OH is 6. The zero-order chi connectivity index (χ0) is 13.9. The molecule has 1 aliphatic rings. The summed E-state index contributed by atoms with van der Waals surface area (Å²) in [6, 6.07) is 0. The van der Waals surface area contributed by atoms with Gasteiger partial charge in [0.05, 0.1) is 13.2 Å². The third-order valence-corrected chi connectivity index (χ3v) is 2.65. The summed E-state index contributed by atoms with van der Waals surface area (Å²) in [4.78, 5) is 11.3. The maximum absolute atomic E-state index is 11.3. The van der Waals surface area contributed by atoms with Gasteiger partial charge in [-0.1, -0.05) is 0 Å². The number of aliphatic hydroxyl groups is 6. The largest absolute Gasteiger partial charge is 0.394 e. The van der Waals surface area contributed by atoms with Gasteiger partial charge in [0.1, 0.15) is 24.4 Å². The van der Waals surface area contributed by atoms with Crippen LogP contribution in [0.4, 0.5) is 0 Å². The molecule has 9 nitrogen and oxygen atoms in total. The SMILES string of the molecule is O=C(NC1O[C@H](CO)[C@@H](O)[C@H](O)[C@H]1O)C(O)CO. The van der Waals surface area contributed by atoms with E-state index in [1.54, 1.807) is 0 Å². The summed E-state index contributed by atoms with van der Waals surface area (Å²) in [6.45, 7) is -1.44. The molecule has 0 aromatic rings. The van der Waals surface area contributed by atoms with Gasteiger partial charge in [0.25, 0.3) is 5.91 Å². The molecule has 1 amide bonds. The molecule has 1 aliphatic heterocycles. The van der Waals surface area contributed by atoms with Crippen molar-refractivity contribution in [2.45, 2.75) is 36.7 Å². The molecule has 1 saturated heterocycles. The van der Waals surface area contributed by atoms with E-state index >= 15 is 0 Å². The summed E-state index contributed by atoms with van der Waals surface area (Å²) < 4.78 is 4.96. The highest BCUT2D eigenvalue weighted by molar-refractivity contribution is 5.80. The van der Waals surface area contributed by atoms with Crippen LogP contribution in [0.2, 0.25) is 0 Å². The molecule has 1 rings (SSSR count). The van der Waals surface area contributed by atoms with Gasteiger partial charge in [-0.05, 0) is 0 Å². The number of amides is 1. The second kappa shape index (κ2) is 6.38. The van der Waals surface area contributed by atoms with Crippen molar-refractivity contribution >= 4 is 5.91 Å². The summed E-state index contributed by atoms with van der Waals surface area (Å²) in [5.74, 6) is -1.01. The van der Waals surface area contributed by atoms with E-state index in [0.29, 0.717) is 0 Å². The Kier molecular flexibility index (Phi) is 5.41. The van der Waals surface area contributed by atoms with Crippen LogP contribution in [0.15, 0.2) is 0 Å². The molecule has 1 heterocycles. The van der Waals surface area contributed by atoms with E-state index in [4.69, 9.17) is 20.1 Å². The fraction of sp³-hybridized carbons (Fsp3) is 0.889. The van der Waals surface area contributed by atoms with Crippen LogP contribution in [0.1, 0.15) is 0 Å². The highest BCUT2D eigenvalue weighted by atomic mass is 16.6. The van der Waals surface area contributed by atoms with Crippen LogP contribution in [0.5, 0.6) is 0 Å². The number of carbonyl (C=O) groups excluding carboxylic acids is 1. The van der Waals surface area contributed by atoms with Crippen LogP contribution in [0.25, 0.3) is 0 Å². The van der Waals surface area contributed by atoms with E-state index in [9.17, 15) is 20.1 Å². The topological polar surface area (TPSA) is 160 Å². The number of hydrogen-bond donors (Lipinski definition) is 7. The summed E-state index contributed by atoms with van der Waals surface area (Å²) in [7, 11) is 0. The van der Waals surface area contributed by atoms with Crippen molar-refractivity contribution < 1.29 is 40.2 Å². The number of hydrogen-bond acceptors (Lipinski definition) is 8. The molecule has 2 unspecified atom stereocenters. The molecule has 0 aromatic carbocycles. The lowest BCUT2D eigenvalue weighted by atomic mass is 9.98. The highest BCUT2D eigenvalue weighted by Crippen LogP contribution is 2.19. The monoisotopic (exact) mass is 267 g/mol. The Balaban J connectivity index is 2.67. The third-order valence-electron chi connectivity index (χ3n) is 2.65. The number of nitrogens with one attached hydrogen (secondary N) is 1. The van der Waals surface area contributed by atoms with Gasteiger partial charge in [-0.25, -0.2) is 0 Å². The Labute approximate surface area is 102 Å². The smallest absolute Gasteiger partial charge is 0.253 e. The van der Waals surface area contributed by atoms with Crippen LogP contribution in [-0.2, 0) is 9.53 Å². The average molecular weight is 267 g/mol. The molecule has 0 saturated carbocycles. The van der Waals surface area contributed by atoms with Gasteiger partial charge in [-0.2, -0.15) is 0 Å². The van der Waals surface area contributed by atoms with Crippen molar-refractivity contribution in [2.24, 2.45) is 0 Å². The Morgan fingerprint density at radius 2 is 1.78 bits per heavy atom. The van der Waals surface area contributed by atoms with Gasteiger partial charge in [-0.15, -0.1) is 0 Å². The lowest BCUT2D eigenvalue weighted by Gasteiger charge is -2.40. The Morgan fingerprint density at radius 1 is 1.17 bits per heavy atom. The molecular formula is C9H17NO8. The normalized spacial score (nSPS) is 38.2. The molecule has 0 radical (unpaired) electrons.